The van der Waals surface area contributed by atoms with Crippen LogP contribution in [0.3, 0.4) is 0 Å². The number of fused-ring (bicyclic) bond motifs is 3. The van der Waals surface area contributed by atoms with Crippen molar-refractivity contribution in [2.75, 3.05) is 0 Å². The summed E-state index contributed by atoms with van der Waals surface area (Å²) in [6, 6.07) is 10.3. The van der Waals surface area contributed by atoms with E-state index in [2.05, 4.69) is 34.7 Å². The molecule has 0 N–H and O–H groups in total. The molecule has 3 nitrogen and oxygen atoms in total. The molecular formula is C17H19BrN2O. The third kappa shape index (κ3) is 2.60. The molecule has 110 valence electrons. The summed E-state index contributed by atoms with van der Waals surface area (Å²) >= 11 is 0. The lowest BCUT2D eigenvalue weighted by atomic mass is 10.1. The minimum absolute atomic E-state index is 0. The highest BCUT2D eigenvalue weighted by atomic mass is 79.9. The van der Waals surface area contributed by atoms with Crippen molar-refractivity contribution in [3.05, 3.63) is 41.7 Å². The van der Waals surface area contributed by atoms with Gasteiger partial charge in [-0.15, -0.1) is 17.0 Å². The van der Waals surface area contributed by atoms with Gasteiger partial charge in [0, 0.05) is 22.8 Å². The minimum Gasteiger partial charge on any atom is -0.339 e. The number of aryl methyl sites for hydroxylation is 2. The second kappa shape index (κ2) is 6.39. The summed E-state index contributed by atoms with van der Waals surface area (Å²) in [5.74, 6) is 0. The van der Waals surface area contributed by atoms with Crippen molar-refractivity contribution in [1.82, 2.24) is 9.55 Å². The molecule has 1 aromatic carbocycles. The van der Waals surface area contributed by atoms with Crippen molar-refractivity contribution >= 4 is 45.1 Å². The van der Waals surface area contributed by atoms with Gasteiger partial charge in [0.25, 0.3) is 0 Å². The molecule has 3 rings (SSSR count). The van der Waals surface area contributed by atoms with Crippen LogP contribution in [0.5, 0.6) is 0 Å². The Morgan fingerprint density at radius 3 is 2.71 bits per heavy atom. The molecule has 0 saturated carbocycles. The summed E-state index contributed by atoms with van der Waals surface area (Å²) in [7, 11) is 0. The molecule has 4 heteroatoms. The van der Waals surface area contributed by atoms with Gasteiger partial charge in [0.15, 0.2) is 6.29 Å². The van der Waals surface area contributed by atoms with E-state index in [1.54, 1.807) is 0 Å². The number of aldehydes is 1. The highest BCUT2D eigenvalue weighted by Crippen LogP contribution is 2.31. The number of unbranched alkanes of at least 4 members (excludes halogenated alkanes) is 1. The van der Waals surface area contributed by atoms with Crippen molar-refractivity contribution in [3.63, 3.8) is 0 Å². The number of carbonyl (C=O) groups is 1. The molecule has 0 amide bonds. The molecule has 3 aromatic rings. The number of halogens is 1. The number of benzene rings is 1. The summed E-state index contributed by atoms with van der Waals surface area (Å²) < 4.78 is 2.34. The van der Waals surface area contributed by atoms with E-state index in [9.17, 15) is 4.79 Å². The Morgan fingerprint density at radius 2 is 2.00 bits per heavy atom. The van der Waals surface area contributed by atoms with Crippen LogP contribution in [0, 0.1) is 6.92 Å². The van der Waals surface area contributed by atoms with Gasteiger partial charge in [-0.2, -0.15) is 0 Å². The monoisotopic (exact) mass is 346 g/mol. The van der Waals surface area contributed by atoms with E-state index < -0.39 is 0 Å². The topological polar surface area (TPSA) is 34.9 Å². The van der Waals surface area contributed by atoms with E-state index >= 15 is 0 Å². The first kappa shape index (κ1) is 15.7. The molecular weight excluding hydrogens is 328 g/mol. The van der Waals surface area contributed by atoms with Gasteiger partial charge in [-0.1, -0.05) is 31.5 Å². The molecule has 0 fully saturated rings. The predicted molar refractivity (Wildman–Crippen MR) is 92.6 cm³/mol. The van der Waals surface area contributed by atoms with Crippen LogP contribution in [0.1, 0.15) is 35.9 Å². The number of aromatic nitrogens is 2. The SMILES string of the molecule is Br.CCCCn1c2ccccc2c2cc(C=O)nc(C)c21. The van der Waals surface area contributed by atoms with E-state index in [1.807, 2.05) is 19.1 Å². The Balaban J connectivity index is 0.00000161. The Kier molecular flexibility index (Phi) is 4.78. The van der Waals surface area contributed by atoms with E-state index in [-0.39, 0.29) is 17.0 Å². The molecule has 0 saturated heterocycles. The van der Waals surface area contributed by atoms with Crippen LogP contribution in [-0.2, 0) is 6.54 Å². The first-order valence-corrected chi connectivity index (χ1v) is 7.10. The van der Waals surface area contributed by atoms with Crippen molar-refractivity contribution in [2.45, 2.75) is 33.2 Å². The molecule has 0 aliphatic heterocycles. The van der Waals surface area contributed by atoms with E-state index in [1.165, 1.54) is 10.9 Å². The number of pyridine rings is 1. The Labute approximate surface area is 134 Å². The summed E-state index contributed by atoms with van der Waals surface area (Å²) in [5, 5.41) is 2.33. The number of hydrogen-bond acceptors (Lipinski definition) is 2. The lowest BCUT2D eigenvalue weighted by Crippen LogP contribution is -2.00. The Morgan fingerprint density at radius 1 is 1.24 bits per heavy atom. The van der Waals surface area contributed by atoms with Crippen molar-refractivity contribution in [1.29, 1.82) is 0 Å². The molecule has 2 heterocycles. The van der Waals surface area contributed by atoms with Crippen LogP contribution < -0.4 is 0 Å². The summed E-state index contributed by atoms with van der Waals surface area (Å²) in [5.41, 5.74) is 3.82. The summed E-state index contributed by atoms with van der Waals surface area (Å²) in [4.78, 5) is 15.4. The summed E-state index contributed by atoms with van der Waals surface area (Å²) in [6.07, 6.45) is 3.13. The zero-order chi connectivity index (χ0) is 14.1. The van der Waals surface area contributed by atoms with Gasteiger partial charge in [0.2, 0.25) is 0 Å². The van der Waals surface area contributed by atoms with E-state index in [4.69, 9.17) is 0 Å². The van der Waals surface area contributed by atoms with Crippen molar-refractivity contribution < 1.29 is 4.79 Å². The van der Waals surface area contributed by atoms with E-state index in [0.29, 0.717) is 5.69 Å². The predicted octanol–water partition coefficient (Wildman–Crippen LogP) is 4.69. The minimum atomic E-state index is 0. The second-order valence-electron chi connectivity index (χ2n) is 5.17. The fourth-order valence-electron chi connectivity index (χ4n) is 2.90. The molecule has 0 bridgehead atoms. The van der Waals surface area contributed by atoms with Crippen LogP contribution in [-0.4, -0.2) is 15.8 Å². The first-order valence-electron chi connectivity index (χ1n) is 7.10. The number of hydrogen-bond donors (Lipinski definition) is 0. The molecule has 0 atom stereocenters. The maximum atomic E-state index is 11.0. The first-order chi connectivity index (χ1) is 9.76. The molecule has 21 heavy (non-hydrogen) atoms. The van der Waals surface area contributed by atoms with Crippen LogP contribution in [0.25, 0.3) is 21.8 Å². The smallest absolute Gasteiger partial charge is 0.168 e. The number of rotatable bonds is 4. The highest BCUT2D eigenvalue weighted by molar-refractivity contribution is 8.93. The van der Waals surface area contributed by atoms with Crippen LogP contribution in [0.4, 0.5) is 0 Å². The highest BCUT2D eigenvalue weighted by Gasteiger charge is 2.13. The Bertz CT molecular complexity index is 792. The van der Waals surface area contributed by atoms with Gasteiger partial charge in [0.05, 0.1) is 11.2 Å². The van der Waals surface area contributed by atoms with Crippen molar-refractivity contribution in [3.8, 4) is 0 Å². The fourth-order valence-corrected chi connectivity index (χ4v) is 2.90. The second-order valence-corrected chi connectivity index (χ2v) is 5.17. The van der Waals surface area contributed by atoms with Gasteiger partial charge in [-0.05, 0) is 25.5 Å². The van der Waals surface area contributed by atoms with Crippen LogP contribution in [0.2, 0.25) is 0 Å². The van der Waals surface area contributed by atoms with Gasteiger partial charge >= 0.3 is 0 Å². The van der Waals surface area contributed by atoms with Gasteiger partial charge in [-0.25, -0.2) is 4.98 Å². The molecule has 0 aliphatic carbocycles. The zero-order valence-corrected chi connectivity index (χ0v) is 14.0. The van der Waals surface area contributed by atoms with Crippen LogP contribution in [0.15, 0.2) is 30.3 Å². The molecule has 2 aromatic heterocycles. The fraction of sp³-hybridized carbons (Fsp3) is 0.294. The molecule has 0 radical (unpaired) electrons. The van der Waals surface area contributed by atoms with Crippen LogP contribution >= 0.6 is 17.0 Å². The quantitative estimate of drug-likeness (QED) is 0.642. The van der Waals surface area contributed by atoms with Gasteiger partial charge in [0.1, 0.15) is 5.69 Å². The third-order valence-corrected chi connectivity index (χ3v) is 3.80. The zero-order valence-electron chi connectivity index (χ0n) is 12.3. The number of carbonyl (C=O) groups excluding carboxylic acids is 1. The maximum absolute atomic E-state index is 11.0. The average molecular weight is 347 g/mol. The summed E-state index contributed by atoms with van der Waals surface area (Å²) in [6.45, 7) is 5.17. The lowest BCUT2D eigenvalue weighted by molar-refractivity contribution is 0.111. The molecule has 0 unspecified atom stereocenters. The molecule has 0 spiro atoms. The van der Waals surface area contributed by atoms with Crippen molar-refractivity contribution in [2.24, 2.45) is 0 Å². The van der Waals surface area contributed by atoms with E-state index in [0.717, 1.165) is 42.3 Å². The van der Waals surface area contributed by atoms with Gasteiger partial charge < -0.3 is 4.57 Å². The normalized spacial score (nSPS) is 10.8. The largest absolute Gasteiger partial charge is 0.339 e. The lowest BCUT2D eigenvalue weighted by Gasteiger charge is -2.08. The molecule has 0 aliphatic rings. The Hall–Kier alpha value is -1.68. The average Bonchev–Trinajstić information content (AvgIpc) is 2.80. The maximum Gasteiger partial charge on any atom is 0.168 e. The van der Waals surface area contributed by atoms with Gasteiger partial charge in [-0.3, -0.25) is 4.79 Å². The third-order valence-electron chi connectivity index (χ3n) is 3.80. The number of para-hydroxylation sites is 1. The number of nitrogens with zero attached hydrogens (tertiary/aromatic N) is 2. The standard InChI is InChI=1S/C17H18N2O.BrH/c1-3-4-9-19-16-8-6-5-7-14(16)15-10-13(11-20)18-12(2)17(15)19;/h5-8,10-11H,3-4,9H2,1-2H3;1H.